The van der Waals surface area contributed by atoms with Gasteiger partial charge in [0.2, 0.25) is 11.1 Å². The van der Waals surface area contributed by atoms with Crippen LogP contribution < -0.4 is 25.2 Å². The number of benzene rings is 1. The van der Waals surface area contributed by atoms with Crippen LogP contribution in [0.3, 0.4) is 0 Å². The van der Waals surface area contributed by atoms with Crippen molar-refractivity contribution in [2.24, 2.45) is 0 Å². The fraction of sp³-hybridized carbons (Fsp3) is 0.471. The summed E-state index contributed by atoms with van der Waals surface area (Å²) in [6.45, 7) is 4.91. The Labute approximate surface area is 146 Å². The van der Waals surface area contributed by atoms with E-state index in [9.17, 15) is 4.79 Å². The van der Waals surface area contributed by atoms with Crippen LogP contribution in [0.5, 0.6) is 5.75 Å². The van der Waals surface area contributed by atoms with Gasteiger partial charge in [-0.25, -0.2) is 0 Å². The molecule has 0 unspecified atom stereocenters. The minimum atomic E-state index is -0.0478. The van der Waals surface area contributed by atoms with Crippen LogP contribution in [0, 0.1) is 0 Å². The lowest BCUT2D eigenvalue weighted by molar-refractivity contribution is -0.760. The number of anilines is 2. The number of nitrogens with zero attached hydrogens (tertiary/aromatic N) is 4. The summed E-state index contributed by atoms with van der Waals surface area (Å²) < 4.78 is 10.5. The molecule has 8 heteroatoms. The van der Waals surface area contributed by atoms with E-state index in [-0.39, 0.29) is 11.7 Å². The number of aromatic nitrogens is 2. The molecule has 0 radical (unpaired) electrons. The molecule has 1 fully saturated rings. The summed E-state index contributed by atoms with van der Waals surface area (Å²) in [7, 11) is 1.68. The van der Waals surface area contributed by atoms with Crippen molar-refractivity contribution in [3.8, 4) is 5.75 Å². The third kappa shape index (κ3) is 3.38. The molecular formula is C17H24N5O3+. The highest BCUT2D eigenvalue weighted by atomic mass is 16.5. The van der Waals surface area contributed by atoms with E-state index < -0.39 is 0 Å². The molecular weight excluding hydrogens is 322 g/mol. The molecule has 0 amide bonds. The number of ether oxygens (including phenoxy) is 1. The second-order valence-corrected chi connectivity index (χ2v) is 5.96. The number of ketones is 1. The number of nitrogen functional groups attached to an aromatic ring is 1. The van der Waals surface area contributed by atoms with Crippen LogP contribution in [-0.4, -0.2) is 44.3 Å². The smallest absolute Gasteiger partial charge is 0.373 e. The van der Waals surface area contributed by atoms with E-state index in [2.05, 4.69) is 10.2 Å². The van der Waals surface area contributed by atoms with Gasteiger partial charge in [-0.2, -0.15) is 0 Å². The summed E-state index contributed by atoms with van der Waals surface area (Å²) in [5, 5.41) is 5.93. The first kappa shape index (κ1) is 17.1. The van der Waals surface area contributed by atoms with Crippen molar-refractivity contribution in [1.82, 2.24) is 5.27 Å². The van der Waals surface area contributed by atoms with Crippen LogP contribution in [0.15, 0.2) is 28.8 Å². The predicted octanol–water partition coefficient (Wildman–Crippen LogP) is 0.994. The van der Waals surface area contributed by atoms with Crippen LogP contribution in [0.2, 0.25) is 0 Å². The maximum atomic E-state index is 12.3. The Hall–Kier alpha value is -2.77. The Morgan fingerprint density at radius 2 is 2.04 bits per heavy atom. The second kappa shape index (κ2) is 7.42. The molecule has 1 aromatic heterocycles. The van der Waals surface area contributed by atoms with E-state index >= 15 is 0 Å². The first-order chi connectivity index (χ1) is 12.2. The standard InChI is InChI=1S/C17H23N5O3/c1-3-6-14(23)16-17(18)25-19-22(16)21-11-9-20(10-12-21)13-7-4-5-8-15(13)24-2/h4-5,7-8H,3,6,9-12H2,1-2H3,(H-,18,19,23)/p+1. The second-order valence-electron chi connectivity index (χ2n) is 5.96. The minimum Gasteiger partial charge on any atom is -0.495 e. The van der Waals surface area contributed by atoms with Crippen molar-refractivity contribution < 1.29 is 18.8 Å². The number of nitrogens with two attached hydrogens (primary N) is 1. The SMILES string of the molecule is CCCC(=O)c1c(N)on[n+]1N1CCN(c2ccccc2OC)CC1. The summed E-state index contributed by atoms with van der Waals surface area (Å²) >= 11 is 0. The first-order valence-electron chi connectivity index (χ1n) is 8.49. The molecule has 0 atom stereocenters. The quantitative estimate of drug-likeness (QED) is 0.616. The lowest BCUT2D eigenvalue weighted by atomic mass is 10.2. The Balaban J connectivity index is 1.74. The van der Waals surface area contributed by atoms with Crippen LogP contribution in [0.4, 0.5) is 11.6 Å². The van der Waals surface area contributed by atoms with Gasteiger partial charge in [-0.1, -0.05) is 19.1 Å². The van der Waals surface area contributed by atoms with Gasteiger partial charge in [0.05, 0.1) is 30.7 Å². The summed E-state index contributed by atoms with van der Waals surface area (Å²) in [5.74, 6) is 0.882. The maximum Gasteiger partial charge on any atom is 0.373 e. The molecule has 1 aliphatic rings. The van der Waals surface area contributed by atoms with E-state index in [0.717, 1.165) is 30.9 Å². The fourth-order valence-electron chi connectivity index (χ4n) is 3.07. The van der Waals surface area contributed by atoms with E-state index in [1.165, 1.54) is 4.79 Å². The zero-order valence-electron chi connectivity index (χ0n) is 14.6. The molecule has 0 spiro atoms. The van der Waals surface area contributed by atoms with Gasteiger partial charge in [-0.05, 0) is 18.6 Å². The molecule has 0 bridgehead atoms. The third-order valence-electron chi connectivity index (χ3n) is 4.34. The molecule has 1 aliphatic heterocycles. The van der Waals surface area contributed by atoms with Crippen LogP contribution in [0.25, 0.3) is 0 Å². The third-order valence-corrected chi connectivity index (χ3v) is 4.34. The number of methoxy groups -OCH3 is 1. The van der Waals surface area contributed by atoms with Gasteiger partial charge in [0.1, 0.15) is 5.75 Å². The van der Waals surface area contributed by atoms with E-state index in [1.807, 2.05) is 36.2 Å². The van der Waals surface area contributed by atoms with Crippen molar-refractivity contribution in [2.45, 2.75) is 19.8 Å². The maximum absolute atomic E-state index is 12.3. The van der Waals surface area contributed by atoms with Gasteiger partial charge in [0, 0.05) is 19.5 Å². The summed E-state index contributed by atoms with van der Waals surface area (Å²) in [6.07, 6.45) is 1.18. The normalized spacial score (nSPS) is 14.6. The molecule has 3 rings (SSSR count). The summed E-state index contributed by atoms with van der Waals surface area (Å²) in [6, 6.07) is 7.96. The Bertz CT molecular complexity index is 738. The summed E-state index contributed by atoms with van der Waals surface area (Å²) in [5.41, 5.74) is 7.22. The molecule has 25 heavy (non-hydrogen) atoms. The van der Waals surface area contributed by atoms with Crippen molar-refractivity contribution in [3.05, 3.63) is 30.0 Å². The highest BCUT2D eigenvalue weighted by molar-refractivity contribution is 5.96. The lowest BCUT2D eigenvalue weighted by Crippen LogP contribution is -2.67. The number of carbonyl (C=O) groups is 1. The molecule has 1 aromatic carbocycles. The van der Waals surface area contributed by atoms with Gasteiger partial charge < -0.3 is 15.4 Å². The zero-order valence-corrected chi connectivity index (χ0v) is 14.6. The largest absolute Gasteiger partial charge is 0.495 e. The predicted molar refractivity (Wildman–Crippen MR) is 93.5 cm³/mol. The molecule has 134 valence electrons. The van der Waals surface area contributed by atoms with Crippen LogP contribution >= 0.6 is 0 Å². The monoisotopic (exact) mass is 346 g/mol. The van der Waals surface area contributed by atoms with Crippen molar-refractivity contribution in [1.29, 1.82) is 0 Å². The van der Waals surface area contributed by atoms with Crippen molar-refractivity contribution in [2.75, 3.05) is 48.9 Å². The minimum absolute atomic E-state index is 0.0478. The first-order valence-corrected chi connectivity index (χ1v) is 8.49. The molecule has 2 aromatic rings. The van der Waals surface area contributed by atoms with Gasteiger partial charge >= 0.3 is 11.6 Å². The number of para-hydroxylation sites is 2. The Morgan fingerprint density at radius 3 is 2.72 bits per heavy atom. The van der Waals surface area contributed by atoms with Gasteiger partial charge in [-0.15, -0.1) is 5.01 Å². The Morgan fingerprint density at radius 1 is 1.32 bits per heavy atom. The van der Waals surface area contributed by atoms with Crippen molar-refractivity contribution >= 4 is 17.4 Å². The number of rotatable bonds is 6. The lowest BCUT2D eigenvalue weighted by Gasteiger charge is -2.32. The molecule has 2 heterocycles. The van der Waals surface area contributed by atoms with Gasteiger partial charge in [-0.3, -0.25) is 9.32 Å². The van der Waals surface area contributed by atoms with Crippen molar-refractivity contribution in [3.63, 3.8) is 0 Å². The molecule has 2 N–H and O–H groups in total. The number of Topliss-reactive ketones (excluding diaryl/α,β-unsaturated/α-hetero) is 1. The van der Waals surface area contributed by atoms with E-state index in [4.69, 9.17) is 15.0 Å². The summed E-state index contributed by atoms with van der Waals surface area (Å²) in [4.78, 5) is 16.1. The fourth-order valence-corrected chi connectivity index (χ4v) is 3.07. The number of carbonyl (C=O) groups excluding carboxylic acids is 1. The number of hydrogen-bond acceptors (Lipinski definition) is 7. The zero-order chi connectivity index (χ0) is 17.8. The van der Waals surface area contributed by atoms with Gasteiger partial charge in [0.25, 0.3) is 0 Å². The highest BCUT2D eigenvalue weighted by Gasteiger charge is 2.36. The number of piperazine rings is 1. The van der Waals surface area contributed by atoms with E-state index in [0.29, 0.717) is 25.2 Å². The Kier molecular flexibility index (Phi) is 5.06. The molecule has 8 nitrogen and oxygen atoms in total. The van der Waals surface area contributed by atoms with E-state index in [1.54, 1.807) is 7.11 Å². The number of hydrogen-bond donors (Lipinski definition) is 1. The van der Waals surface area contributed by atoms with Gasteiger partial charge in [0.15, 0.2) is 0 Å². The molecule has 1 saturated heterocycles. The average molecular weight is 346 g/mol. The van der Waals surface area contributed by atoms with Crippen LogP contribution in [-0.2, 0) is 0 Å². The van der Waals surface area contributed by atoms with Crippen LogP contribution in [0.1, 0.15) is 30.3 Å². The topological polar surface area (TPSA) is 88.7 Å². The average Bonchev–Trinajstić information content (AvgIpc) is 3.03. The molecule has 0 saturated carbocycles. The highest BCUT2D eigenvalue weighted by Crippen LogP contribution is 2.28. The molecule has 0 aliphatic carbocycles.